The van der Waals surface area contributed by atoms with Gasteiger partial charge in [0.25, 0.3) is 0 Å². The summed E-state index contributed by atoms with van der Waals surface area (Å²) >= 11 is 0. The van der Waals surface area contributed by atoms with Crippen molar-refractivity contribution in [2.24, 2.45) is 11.7 Å². The van der Waals surface area contributed by atoms with E-state index < -0.39 is 0 Å². The van der Waals surface area contributed by atoms with Gasteiger partial charge in [0.05, 0.1) is 0 Å². The summed E-state index contributed by atoms with van der Waals surface area (Å²) in [6.45, 7) is 3.76. The van der Waals surface area contributed by atoms with Gasteiger partial charge in [0.15, 0.2) is 0 Å². The Balaban J connectivity index is 2.22. The van der Waals surface area contributed by atoms with Crippen molar-refractivity contribution in [3.05, 3.63) is 0 Å². The highest BCUT2D eigenvalue weighted by atomic mass is 16.2. The standard InChI is InChI=1S/C9H19N3O/c1-7(10)4-8-5-12(6-8)9(13)11(2)3/h7-8H,4-6,10H2,1-3H3. The van der Waals surface area contributed by atoms with Gasteiger partial charge in [-0.3, -0.25) is 0 Å². The van der Waals surface area contributed by atoms with Crippen LogP contribution in [0.15, 0.2) is 0 Å². The second-order valence-corrected chi connectivity index (χ2v) is 4.16. The Morgan fingerprint density at radius 1 is 1.62 bits per heavy atom. The summed E-state index contributed by atoms with van der Waals surface area (Å²) in [7, 11) is 3.56. The molecule has 0 aromatic carbocycles. The van der Waals surface area contributed by atoms with Crippen molar-refractivity contribution >= 4 is 6.03 Å². The normalized spacial score (nSPS) is 19.5. The predicted octanol–water partition coefficient (Wildman–Crippen LogP) is 0.337. The van der Waals surface area contributed by atoms with E-state index in [-0.39, 0.29) is 12.1 Å². The molecule has 0 aromatic rings. The molecule has 1 heterocycles. The van der Waals surface area contributed by atoms with Crippen LogP contribution in [0.3, 0.4) is 0 Å². The van der Waals surface area contributed by atoms with Gasteiger partial charge >= 0.3 is 6.03 Å². The fraction of sp³-hybridized carbons (Fsp3) is 0.889. The van der Waals surface area contributed by atoms with Crippen LogP contribution in [0.25, 0.3) is 0 Å². The smallest absolute Gasteiger partial charge is 0.319 e. The largest absolute Gasteiger partial charge is 0.331 e. The van der Waals surface area contributed by atoms with Crippen LogP contribution in [0.5, 0.6) is 0 Å². The summed E-state index contributed by atoms with van der Waals surface area (Å²) in [6, 6.07) is 0.363. The number of amides is 2. The van der Waals surface area contributed by atoms with Gasteiger partial charge < -0.3 is 15.5 Å². The Bertz CT molecular complexity index is 185. The number of nitrogens with zero attached hydrogens (tertiary/aromatic N) is 2. The summed E-state index contributed by atoms with van der Waals surface area (Å²) in [6.07, 6.45) is 1.03. The first-order valence-corrected chi connectivity index (χ1v) is 4.72. The zero-order chi connectivity index (χ0) is 10.0. The number of hydrogen-bond acceptors (Lipinski definition) is 2. The number of likely N-dealkylation sites (tertiary alicyclic amines) is 1. The average Bonchev–Trinajstić information content (AvgIpc) is 1.94. The van der Waals surface area contributed by atoms with Crippen molar-refractivity contribution in [1.29, 1.82) is 0 Å². The zero-order valence-corrected chi connectivity index (χ0v) is 8.66. The molecule has 2 amide bonds. The molecule has 13 heavy (non-hydrogen) atoms. The van der Waals surface area contributed by atoms with Crippen molar-refractivity contribution in [1.82, 2.24) is 9.80 Å². The molecule has 1 rings (SSSR count). The quantitative estimate of drug-likeness (QED) is 0.674. The van der Waals surface area contributed by atoms with E-state index in [4.69, 9.17) is 5.73 Å². The van der Waals surface area contributed by atoms with Crippen molar-refractivity contribution in [2.75, 3.05) is 27.2 Å². The molecule has 1 fully saturated rings. The van der Waals surface area contributed by atoms with Crippen molar-refractivity contribution in [2.45, 2.75) is 19.4 Å². The van der Waals surface area contributed by atoms with Crippen molar-refractivity contribution < 1.29 is 4.79 Å². The lowest BCUT2D eigenvalue weighted by Crippen LogP contribution is -2.54. The van der Waals surface area contributed by atoms with Crippen LogP contribution in [0.2, 0.25) is 0 Å². The lowest BCUT2D eigenvalue weighted by Gasteiger charge is -2.41. The van der Waals surface area contributed by atoms with Gasteiger partial charge in [0.2, 0.25) is 0 Å². The third-order valence-electron chi connectivity index (χ3n) is 2.32. The Hall–Kier alpha value is -0.770. The Labute approximate surface area is 79.7 Å². The van der Waals surface area contributed by atoms with E-state index in [2.05, 4.69) is 0 Å². The van der Waals surface area contributed by atoms with E-state index in [9.17, 15) is 4.79 Å². The van der Waals surface area contributed by atoms with E-state index in [1.807, 2.05) is 11.8 Å². The molecule has 0 spiro atoms. The Morgan fingerprint density at radius 2 is 2.15 bits per heavy atom. The van der Waals surface area contributed by atoms with E-state index >= 15 is 0 Å². The summed E-state index contributed by atoms with van der Waals surface area (Å²) in [5.74, 6) is 0.615. The summed E-state index contributed by atoms with van der Waals surface area (Å²) in [5.41, 5.74) is 5.67. The molecule has 1 unspecified atom stereocenters. The third-order valence-corrected chi connectivity index (χ3v) is 2.32. The minimum Gasteiger partial charge on any atom is -0.331 e. The molecule has 0 bridgehead atoms. The van der Waals surface area contributed by atoms with E-state index in [1.165, 1.54) is 0 Å². The molecule has 76 valence electrons. The van der Waals surface area contributed by atoms with Crippen LogP contribution >= 0.6 is 0 Å². The Kier molecular flexibility index (Phi) is 3.14. The van der Waals surface area contributed by atoms with Gasteiger partial charge in [0.1, 0.15) is 0 Å². The topological polar surface area (TPSA) is 49.6 Å². The molecular formula is C9H19N3O. The molecule has 2 N–H and O–H groups in total. The highest BCUT2D eigenvalue weighted by Crippen LogP contribution is 2.20. The maximum absolute atomic E-state index is 11.4. The van der Waals surface area contributed by atoms with Crippen molar-refractivity contribution in [3.8, 4) is 0 Å². The Morgan fingerprint density at radius 3 is 2.54 bits per heavy atom. The second-order valence-electron chi connectivity index (χ2n) is 4.16. The first-order valence-electron chi connectivity index (χ1n) is 4.72. The fourth-order valence-corrected chi connectivity index (χ4v) is 1.68. The predicted molar refractivity (Wildman–Crippen MR) is 52.4 cm³/mol. The fourth-order valence-electron chi connectivity index (χ4n) is 1.68. The lowest BCUT2D eigenvalue weighted by molar-refractivity contribution is 0.0947. The van der Waals surface area contributed by atoms with E-state index in [0.717, 1.165) is 19.5 Å². The molecule has 1 saturated heterocycles. The maximum Gasteiger partial charge on any atom is 0.319 e. The maximum atomic E-state index is 11.4. The highest BCUT2D eigenvalue weighted by Gasteiger charge is 2.31. The van der Waals surface area contributed by atoms with Crippen LogP contribution in [-0.2, 0) is 0 Å². The first kappa shape index (κ1) is 10.3. The molecule has 0 aliphatic carbocycles. The van der Waals surface area contributed by atoms with Crippen LogP contribution in [-0.4, -0.2) is 49.1 Å². The van der Waals surface area contributed by atoms with Gasteiger partial charge in [0, 0.05) is 33.2 Å². The molecule has 1 aliphatic rings. The molecular weight excluding hydrogens is 166 g/mol. The van der Waals surface area contributed by atoms with Gasteiger partial charge in [-0.15, -0.1) is 0 Å². The van der Waals surface area contributed by atoms with E-state index in [0.29, 0.717) is 5.92 Å². The molecule has 0 radical (unpaired) electrons. The average molecular weight is 185 g/mol. The summed E-state index contributed by atoms with van der Waals surface area (Å²) in [4.78, 5) is 14.8. The van der Waals surface area contributed by atoms with Gasteiger partial charge in [-0.2, -0.15) is 0 Å². The molecule has 0 saturated carbocycles. The van der Waals surface area contributed by atoms with Crippen LogP contribution in [0.4, 0.5) is 4.79 Å². The van der Waals surface area contributed by atoms with Gasteiger partial charge in [-0.1, -0.05) is 0 Å². The van der Waals surface area contributed by atoms with Crippen LogP contribution in [0.1, 0.15) is 13.3 Å². The third kappa shape index (κ3) is 2.59. The molecule has 1 aliphatic heterocycles. The SMILES string of the molecule is CC(N)CC1CN(C(=O)N(C)C)C1. The molecule has 0 aromatic heterocycles. The molecule has 4 nitrogen and oxygen atoms in total. The lowest BCUT2D eigenvalue weighted by atomic mass is 9.93. The monoisotopic (exact) mass is 185 g/mol. The minimum atomic E-state index is 0.112. The number of carbonyl (C=O) groups excluding carboxylic acids is 1. The number of nitrogens with two attached hydrogens (primary N) is 1. The minimum absolute atomic E-state index is 0.112. The van der Waals surface area contributed by atoms with Crippen molar-refractivity contribution in [3.63, 3.8) is 0 Å². The summed E-state index contributed by atoms with van der Waals surface area (Å²) < 4.78 is 0. The van der Waals surface area contributed by atoms with Gasteiger partial charge in [-0.25, -0.2) is 4.79 Å². The molecule has 1 atom stereocenters. The highest BCUT2D eigenvalue weighted by molar-refractivity contribution is 5.74. The molecule has 4 heteroatoms. The summed E-state index contributed by atoms with van der Waals surface area (Å²) in [5, 5.41) is 0. The van der Waals surface area contributed by atoms with Crippen LogP contribution in [0, 0.1) is 5.92 Å². The zero-order valence-electron chi connectivity index (χ0n) is 8.66. The van der Waals surface area contributed by atoms with Gasteiger partial charge in [-0.05, 0) is 19.3 Å². The van der Waals surface area contributed by atoms with E-state index in [1.54, 1.807) is 19.0 Å². The van der Waals surface area contributed by atoms with Crippen LogP contribution < -0.4 is 5.73 Å². The second kappa shape index (κ2) is 3.96. The number of hydrogen-bond donors (Lipinski definition) is 1. The first-order chi connectivity index (χ1) is 6.00. The number of rotatable bonds is 2. The number of carbonyl (C=O) groups is 1. The number of urea groups is 1.